The molecule has 20 heavy (non-hydrogen) atoms. The third kappa shape index (κ3) is 4.01. The minimum atomic E-state index is -4.55. The third-order valence-electron chi connectivity index (χ3n) is 2.29. The molecule has 1 aromatic heterocycles. The van der Waals surface area contributed by atoms with E-state index in [0.29, 0.717) is 5.69 Å². The first-order valence-corrected chi connectivity index (χ1v) is 5.54. The van der Waals surface area contributed by atoms with E-state index < -0.39 is 18.9 Å². The minimum Gasteiger partial charge on any atom is -0.440 e. The first-order chi connectivity index (χ1) is 9.44. The molecule has 0 spiro atoms. The third-order valence-corrected chi connectivity index (χ3v) is 2.29. The number of aromatic nitrogens is 2. The number of carbonyl (C=O) groups excluding carboxylic acids is 1. The number of hydrogen-bond donors (Lipinski definition) is 2. The first-order valence-electron chi connectivity index (χ1n) is 5.54. The maximum absolute atomic E-state index is 11.9. The summed E-state index contributed by atoms with van der Waals surface area (Å²) in [5, 5.41) is 8.74. The Balaban J connectivity index is 2.00. The van der Waals surface area contributed by atoms with Gasteiger partial charge in [-0.15, -0.1) is 0 Å². The van der Waals surface area contributed by atoms with E-state index in [1.54, 1.807) is 30.5 Å². The van der Waals surface area contributed by atoms with Crippen molar-refractivity contribution in [2.75, 3.05) is 11.9 Å². The van der Waals surface area contributed by atoms with Crippen LogP contribution in [0.15, 0.2) is 36.5 Å². The predicted octanol–water partition coefficient (Wildman–Crippen LogP) is 3.19. The summed E-state index contributed by atoms with van der Waals surface area (Å²) in [5.41, 5.74) is 1.78. The summed E-state index contributed by atoms with van der Waals surface area (Å²) in [4.78, 5) is 11.2. The molecule has 0 unspecified atom stereocenters. The fourth-order valence-corrected chi connectivity index (χ4v) is 1.48. The number of halogens is 3. The normalized spacial score (nSPS) is 11.2. The van der Waals surface area contributed by atoms with Gasteiger partial charge in [-0.2, -0.15) is 18.3 Å². The highest BCUT2D eigenvalue weighted by atomic mass is 19.4. The number of aromatic amines is 1. The smallest absolute Gasteiger partial charge is 0.422 e. The molecule has 5 nitrogen and oxygen atoms in total. The van der Waals surface area contributed by atoms with Gasteiger partial charge >= 0.3 is 12.3 Å². The van der Waals surface area contributed by atoms with Crippen LogP contribution < -0.4 is 5.32 Å². The van der Waals surface area contributed by atoms with Gasteiger partial charge in [-0.3, -0.25) is 10.4 Å². The first kappa shape index (κ1) is 13.9. The van der Waals surface area contributed by atoms with E-state index in [9.17, 15) is 18.0 Å². The number of anilines is 1. The van der Waals surface area contributed by atoms with Gasteiger partial charge < -0.3 is 4.74 Å². The van der Waals surface area contributed by atoms with Crippen LogP contribution >= 0.6 is 0 Å². The van der Waals surface area contributed by atoms with E-state index >= 15 is 0 Å². The second-order valence-corrected chi connectivity index (χ2v) is 3.87. The Kier molecular flexibility index (Phi) is 3.92. The number of carbonyl (C=O) groups is 1. The molecule has 1 aromatic carbocycles. The number of alkyl halides is 3. The minimum absolute atomic E-state index is 0.323. The molecular formula is C12H10F3N3O2. The largest absolute Gasteiger partial charge is 0.440 e. The van der Waals surface area contributed by atoms with Gasteiger partial charge in [-0.1, -0.05) is 12.1 Å². The number of benzene rings is 1. The van der Waals surface area contributed by atoms with Gasteiger partial charge in [0.05, 0.1) is 5.69 Å². The molecule has 106 valence electrons. The Hall–Kier alpha value is -2.51. The van der Waals surface area contributed by atoms with Gasteiger partial charge in [0.15, 0.2) is 6.61 Å². The lowest BCUT2D eigenvalue weighted by Crippen LogP contribution is -2.23. The van der Waals surface area contributed by atoms with E-state index in [1.165, 1.54) is 6.07 Å². The summed E-state index contributed by atoms with van der Waals surface area (Å²) in [5.74, 6) is 0. The van der Waals surface area contributed by atoms with Crippen molar-refractivity contribution >= 4 is 11.8 Å². The number of H-pyrrole nitrogens is 1. The van der Waals surface area contributed by atoms with Crippen molar-refractivity contribution in [1.82, 2.24) is 10.2 Å². The maximum Gasteiger partial charge on any atom is 0.422 e. The van der Waals surface area contributed by atoms with E-state index in [2.05, 4.69) is 20.3 Å². The van der Waals surface area contributed by atoms with Crippen LogP contribution in [0.5, 0.6) is 0 Å². The Bertz CT molecular complexity index is 582. The lowest BCUT2D eigenvalue weighted by Gasteiger charge is -2.09. The topological polar surface area (TPSA) is 67.0 Å². The fourth-order valence-electron chi connectivity index (χ4n) is 1.48. The van der Waals surface area contributed by atoms with Gasteiger partial charge in [0.2, 0.25) is 0 Å². The van der Waals surface area contributed by atoms with Gasteiger partial charge in [0.25, 0.3) is 0 Å². The van der Waals surface area contributed by atoms with Crippen LogP contribution in [0.2, 0.25) is 0 Å². The molecule has 0 bridgehead atoms. The SMILES string of the molecule is O=C(Nc1cccc(-c2ccn[nH]2)c1)OCC(F)(F)F. The summed E-state index contributed by atoms with van der Waals surface area (Å²) in [7, 11) is 0. The van der Waals surface area contributed by atoms with E-state index in [4.69, 9.17) is 0 Å². The fraction of sp³-hybridized carbons (Fsp3) is 0.167. The average Bonchev–Trinajstić information content (AvgIpc) is 2.90. The summed E-state index contributed by atoms with van der Waals surface area (Å²) >= 11 is 0. The van der Waals surface area contributed by atoms with Crippen LogP contribution in [0.1, 0.15) is 0 Å². The summed E-state index contributed by atoms with van der Waals surface area (Å²) in [6, 6.07) is 8.26. The molecule has 2 N–H and O–H groups in total. The molecule has 2 aromatic rings. The number of amides is 1. The molecule has 0 radical (unpaired) electrons. The van der Waals surface area contributed by atoms with Gasteiger partial charge in [-0.05, 0) is 18.2 Å². The average molecular weight is 285 g/mol. The second kappa shape index (κ2) is 5.64. The van der Waals surface area contributed by atoms with Crippen molar-refractivity contribution in [3.8, 4) is 11.3 Å². The van der Waals surface area contributed by atoms with E-state index in [0.717, 1.165) is 11.3 Å². The molecule has 2 rings (SSSR count). The van der Waals surface area contributed by atoms with Crippen molar-refractivity contribution in [3.05, 3.63) is 36.5 Å². The molecule has 1 amide bonds. The zero-order valence-corrected chi connectivity index (χ0v) is 10.1. The highest BCUT2D eigenvalue weighted by Gasteiger charge is 2.29. The summed E-state index contributed by atoms with van der Waals surface area (Å²) in [6.07, 6.45) is -4.15. The lowest BCUT2D eigenvalue weighted by atomic mass is 10.1. The van der Waals surface area contributed by atoms with Crippen molar-refractivity contribution < 1.29 is 22.7 Å². The monoisotopic (exact) mass is 285 g/mol. The Morgan fingerprint density at radius 3 is 2.80 bits per heavy atom. The lowest BCUT2D eigenvalue weighted by molar-refractivity contribution is -0.159. The molecule has 0 atom stereocenters. The van der Waals surface area contributed by atoms with Crippen molar-refractivity contribution in [2.24, 2.45) is 0 Å². The van der Waals surface area contributed by atoms with Crippen molar-refractivity contribution in [2.45, 2.75) is 6.18 Å². The molecule has 0 aliphatic rings. The molecule has 0 saturated carbocycles. The number of ether oxygens (including phenoxy) is 1. The second-order valence-electron chi connectivity index (χ2n) is 3.87. The van der Waals surface area contributed by atoms with Crippen LogP contribution in [0.25, 0.3) is 11.3 Å². The number of hydrogen-bond acceptors (Lipinski definition) is 3. The van der Waals surface area contributed by atoms with Crippen LogP contribution in [0.4, 0.5) is 23.7 Å². The highest BCUT2D eigenvalue weighted by molar-refractivity contribution is 5.85. The predicted molar refractivity (Wildman–Crippen MR) is 65.0 cm³/mol. The van der Waals surface area contributed by atoms with Crippen LogP contribution in [0.3, 0.4) is 0 Å². The Morgan fingerprint density at radius 1 is 1.35 bits per heavy atom. The summed E-state index contributed by atoms with van der Waals surface area (Å²) < 4.78 is 39.7. The van der Waals surface area contributed by atoms with Crippen molar-refractivity contribution in [3.63, 3.8) is 0 Å². The highest BCUT2D eigenvalue weighted by Crippen LogP contribution is 2.20. The van der Waals surface area contributed by atoms with Gasteiger partial charge in [-0.25, -0.2) is 4.79 Å². The molecule has 1 heterocycles. The number of nitrogens with zero attached hydrogens (tertiary/aromatic N) is 1. The molecule has 0 fully saturated rings. The Morgan fingerprint density at radius 2 is 2.15 bits per heavy atom. The zero-order valence-electron chi connectivity index (χ0n) is 10.1. The van der Waals surface area contributed by atoms with Gasteiger partial charge in [0, 0.05) is 17.4 Å². The maximum atomic E-state index is 11.9. The van der Waals surface area contributed by atoms with Crippen molar-refractivity contribution in [1.29, 1.82) is 0 Å². The molecule has 0 aliphatic carbocycles. The molecule has 0 aliphatic heterocycles. The van der Waals surface area contributed by atoms with Gasteiger partial charge in [0.1, 0.15) is 0 Å². The van der Waals surface area contributed by atoms with E-state index in [-0.39, 0.29) is 0 Å². The quantitative estimate of drug-likeness (QED) is 0.910. The molecule has 8 heteroatoms. The Labute approximate surface area is 111 Å². The molecule has 0 saturated heterocycles. The standard InChI is InChI=1S/C12H10F3N3O2/c13-12(14,15)7-20-11(19)17-9-3-1-2-8(6-9)10-4-5-16-18-10/h1-6H,7H2,(H,16,18)(H,17,19). The summed E-state index contributed by atoms with van der Waals surface area (Å²) in [6.45, 7) is -1.63. The number of rotatable bonds is 3. The van der Waals surface area contributed by atoms with Crippen LogP contribution in [0, 0.1) is 0 Å². The number of nitrogens with one attached hydrogen (secondary N) is 2. The van der Waals surface area contributed by atoms with Crippen LogP contribution in [-0.2, 0) is 4.74 Å². The molecular weight excluding hydrogens is 275 g/mol. The zero-order chi connectivity index (χ0) is 14.6. The van der Waals surface area contributed by atoms with Crippen LogP contribution in [-0.4, -0.2) is 29.1 Å². The van der Waals surface area contributed by atoms with E-state index in [1.807, 2.05) is 0 Å².